The molecule has 0 saturated carbocycles. The number of hydrogen-bond donors (Lipinski definition) is 1. The summed E-state index contributed by atoms with van der Waals surface area (Å²) < 4.78 is 2.29. The van der Waals surface area contributed by atoms with Crippen LogP contribution in [0.2, 0.25) is 0 Å². The maximum absolute atomic E-state index is 4.54. The van der Waals surface area contributed by atoms with Gasteiger partial charge < -0.3 is 9.88 Å². The van der Waals surface area contributed by atoms with Crippen LogP contribution in [0, 0.1) is 0 Å². The van der Waals surface area contributed by atoms with Gasteiger partial charge in [-0.05, 0) is 25.9 Å². The molecule has 4 nitrogen and oxygen atoms in total. The van der Waals surface area contributed by atoms with E-state index in [0.29, 0.717) is 0 Å². The summed E-state index contributed by atoms with van der Waals surface area (Å²) in [6.07, 6.45) is 4.71. The lowest BCUT2D eigenvalue weighted by Crippen LogP contribution is -2.29. The van der Waals surface area contributed by atoms with E-state index >= 15 is 0 Å². The van der Waals surface area contributed by atoms with Gasteiger partial charge in [0.25, 0.3) is 0 Å². The van der Waals surface area contributed by atoms with E-state index in [1.165, 1.54) is 37.3 Å². The number of likely N-dealkylation sites (tertiary alicyclic amines) is 1. The summed E-state index contributed by atoms with van der Waals surface area (Å²) >= 11 is 0. The van der Waals surface area contributed by atoms with Crippen molar-refractivity contribution >= 4 is 0 Å². The van der Waals surface area contributed by atoms with Crippen LogP contribution >= 0.6 is 0 Å². The molecule has 15 heavy (non-hydrogen) atoms. The molecule has 0 aromatic carbocycles. The summed E-state index contributed by atoms with van der Waals surface area (Å²) in [7, 11) is 0. The van der Waals surface area contributed by atoms with Gasteiger partial charge in [0.2, 0.25) is 0 Å². The number of rotatable bonds is 2. The van der Waals surface area contributed by atoms with Gasteiger partial charge in [-0.1, -0.05) is 0 Å². The van der Waals surface area contributed by atoms with Crippen molar-refractivity contribution in [3.63, 3.8) is 0 Å². The first kappa shape index (κ1) is 9.36. The highest BCUT2D eigenvalue weighted by molar-refractivity contribution is 5.14. The van der Waals surface area contributed by atoms with E-state index in [-0.39, 0.29) is 0 Å². The Kier molecular flexibility index (Phi) is 2.46. The molecule has 1 N–H and O–H groups in total. The molecule has 0 aliphatic carbocycles. The quantitative estimate of drug-likeness (QED) is 0.768. The van der Waals surface area contributed by atoms with Crippen LogP contribution in [0.15, 0.2) is 6.33 Å². The monoisotopic (exact) mass is 206 g/mol. The van der Waals surface area contributed by atoms with Crippen molar-refractivity contribution in [2.75, 3.05) is 19.6 Å². The molecular weight excluding hydrogens is 188 g/mol. The third kappa shape index (κ3) is 1.79. The van der Waals surface area contributed by atoms with Crippen LogP contribution in [0.4, 0.5) is 0 Å². The lowest BCUT2D eigenvalue weighted by atomic mass is 10.2. The lowest BCUT2D eigenvalue weighted by molar-refractivity contribution is 0.325. The van der Waals surface area contributed by atoms with E-state index in [2.05, 4.69) is 19.8 Å². The topological polar surface area (TPSA) is 33.1 Å². The minimum Gasteiger partial charge on any atom is -0.332 e. The highest BCUT2D eigenvalue weighted by Crippen LogP contribution is 2.16. The van der Waals surface area contributed by atoms with Crippen LogP contribution in [0.1, 0.15) is 24.2 Å². The molecule has 0 bridgehead atoms. The molecule has 0 unspecified atom stereocenters. The average Bonchev–Trinajstić information content (AvgIpc) is 2.89. The molecule has 1 aromatic rings. The molecule has 82 valence electrons. The second kappa shape index (κ2) is 3.94. The van der Waals surface area contributed by atoms with Crippen molar-refractivity contribution in [3.8, 4) is 0 Å². The van der Waals surface area contributed by atoms with E-state index < -0.39 is 0 Å². The van der Waals surface area contributed by atoms with Crippen molar-refractivity contribution in [2.45, 2.75) is 32.5 Å². The Labute approximate surface area is 90.3 Å². The van der Waals surface area contributed by atoms with Crippen LogP contribution in [0.25, 0.3) is 0 Å². The third-order valence-electron chi connectivity index (χ3n) is 3.43. The molecule has 1 fully saturated rings. The lowest BCUT2D eigenvalue weighted by Gasteiger charge is -2.19. The summed E-state index contributed by atoms with van der Waals surface area (Å²) in [4.78, 5) is 7.05. The van der Waals surface area contributed by atoms with Gasteiger partial charge in [-0.15, -0.1) is 0 Å². The fraction of sp³-hybridized carbons (Fsp3) is 0.727. The maximum Gasteiger partial charge on any atom is 0.0953 e. The molecule has 0 radical (unpaired) electrons. The van der Waals surface area contributed by atoms with Crippen LogP contribution in [-0.2, 0) is 19.6 Å². The molecule has 2 aliphatic heterocycles. The first-order chi connectivity index (χ1) is 7.43. The van der Waals surface area contributed by atoms with Crippen molar-refractivity contribution < 1.29 is 0 Å². The van der Waals surface area contributed by atoms with Crippen LogP contribution in [0.3, 0.4) is 0 Å². The fourth-order valence-corrected chi connectivity index (χ4v) is 2.54. The van der Waals surface area contributed by atoms with Gasteiger partial charge in [-0.2, -0.15) is 0 Å². The predicted octanol–water partition coefficient (Wildman–Crippen LogP) is 0.582. The van der Waals surface area contributed by atoms with Crippen LogP contribution in [0.5, 0.6) is 0 Å². The highest BCUT2D eigenvalue weighted by Gasteiger charge is 2.18. The Morgan fingerprint density at radius 1 is 1.27 bits per heavy atom. The summed E-state index contributed by atoms with van der Waals surface area (Å²) in [5, 5.41) is 3.41. The largest absolute Gasteiger partial charge is 0.332 e. The SMILES string of the molecule is c1nc(CN2CCCC2)c2n1CCNC2. The molecule has 0 spiro atoms. The van der Waals surface area contributed by atoms with Crippen molar-refractivity contribution in [1.29, 1.82) is 0 Å². The Bertz CT molecular complexity index is 338. The number of fused-ring (bicyclic) bond motifs is 1. The molecule has 4 heteroatoms. The normalized spacial score (nSPS) is 21.9. The zero-order chi connectivity index (χ0) is 10.1. The van der Waals surface area contributed by atoms with Gasteiger partial charge in [-0.25, -0.2) is 4.98 Å². The van der Waals surface area contributed by atoms with E-state index in [1.807, 2.05) is 6.33 Å². The molecular formula is C11H18N4. The van der Waals surface area contributed by atoms with Crippen molar-refractivity contribution in [3.05, 3.63) is 17.7 Å². The Morgan fingerprint density at radius 3 is 3.00 bits per heavy atom. The Morgan fingerprint density at radius 2 is 2.13 bits per heavy atom. The Hall–Kier alpha value is -0.870. The van der Waals surface area contributed by atoms with Gasteiger partial charge in [0, 0.05) is 26.2 Å². The zero-order valence-corrected chi connectivity index (χ0v) is 9.08. The number of nitrogens with zero attached hydrogens (tertiary/aromatic N) is 3. The number of nitrogens with one attached hydrogen (secondary N) is 1. The molecule has 3 rings (SSSR count). The van der Waals surface area contributed by atoms with Crippen molar-refractivity contribution in [2.24, 2.45) is 0 Å². The summed E-state index contributed by atoms with van der Waals surface area (Å²) in [6, 6.07) is 0. The van der Waals surface area contributed by atoms with E-state index in [1.54, 1.807) is 0 Å². The second-order valence-electron chi connectivity index (χ2n) is 4.49. The summed E-state index contributed by atoms with van der Waals surface area (Å²) in [5.74, 6) is 0. The Balaban J connectivity index is 1.76. The van der Waals surface area contributed by atoms with Gasteiger partial charge in [0.05, 0.1) is 17.7 Å². The van der Waals surface area contributed by atoms with Crippen LogP contribution in [-0.4, -0.2) is 34.1 Å². The number of imidazole rings is 1. The molecule has 1 saturated heterocycles. The summed E-state index contributed by atoms with van der Waals surface area (Å²) in [5.41, 5.74) is 2.68. The average molecular weight is 206 g/mol. The predicted molar refractivity (Wildman–Crippen MR) is 58.4 cm³/mol. The maximum atomic E-state index is 4.54. The van der Waals surface area contributed by atoms with Crippen LogP contribution < -0.4 is 5.32 Å². The molecule has 2 aliphatic rings. The summed E-state index contributed by atoms with van der Waals surface area (Å²) in [6.45, 7) is 6.68. The molecule has 3 heterocycles. The first-order valence-electron chi connectivity index (χ1n) is 5.89. The minimum atomic E-state index is 0.989. The van der Waals surface area contributed by atoms with E-state index in [4.69, 9.17) is 0 Å². The standard InChI is InChI=1S/C11H18N4/c1-2-5-14(4-1)8-10-11-7-12-3-6-15(11)9-13-10/h9,12H,1-8H2. The van der Waals surface area contributed by atoms with E-state index in [9.17, 15) is 0 Å². The second-order valence-corrected chi connectivity index (χ2v) is 4.49. The fourth-order valence-electron chi connectivity index (χ4n) is 2.54. The van der Waals surface area contributed by atoms with Gasteiger partial charge >= 0.3 is 0 Å². The third-order valence-corrected chi connectivity index (χ3v) is 3.43. The van der Waals surface area contributed by atoms with Gasteiger partial charge in [0.15, 0.2) is 0 Å². The molecule has 0 atom stereocenters. The van der Waals surface area contributed by atoms with E-state index in [0.717, 1.165) is 26.2 Å². The number of aromatic nitrogens is 2. The minimum absolute atomic E-state index is 0.989. The number of hydrogen-bond acceptors (Lipinski definition) is 3. The van der Waals surface area contributed by atoms with Crippen molar-refractivity contribution in [1.82, 2.24) is 19.8 Å². The highest BCUT2D eigenvalue weighted by atomic mass is 15.2. The van der Waals surface area contributed by atoms with Gasteiger partial charge in [-0.3, -0.25) is 4.90 Å². The smallest absolute Gasteiger partial charge is 0.0953 e. The zero-order valence-electron chi connectivity index (χ0n) is 9.08. The molecule has 0 amide bonds. The molecule has 1 aromatic heterocycles. The first-order valence-corrected chi connectivity index (χ1v) is 5.89. The van der Waals surface area contributed by atoms with Gasteiger partial charge in [0.1, 0.15) is 0 Å².